The van der Waals surface area contributed by atoms with Crippen molar-refractivity contribution >= 4 is 5.91 Å². The highest BCUT2D eigenvalue weighted by Gasteiger charge is 2.32. The molecule has 0 bridgehead atoms. The van der Waals surface area contributed by atoms with Gasteiger partial charge in [-0.15, -0.1) is 0 Å². The SMILES string of the molecule is C/C=C/N(CC(F)(F)F)C(=O)c1ccccc1. The number of rotatable bonds is 3. The van der Waals surface area contributed by atoms with Crippen LogP contribution in [0.4, 0.5) is 13.2 Å². The number of hydrogen-bond donors (Lipinski definition) is 0. The maximum absolute atomic E-state index is 12.3. The van der Waals surface area contributed by atoms with Crippen LogP contribution >= 0.6 is 0 Å². The van der Waals surface area contributed by atoms with Crippen molar-refractivity contribution in [3.63, 3.8) is 0 Å². The lowest BCUT2D eigenvalue weighted by Crippen LogP contribution is -2.35. The predicted octanol–water partition coefficient (Wildman–Crippen LogP) is 3.22. The first kappa shape index (κ1) is 13.3. The number of carbonyl (C=O) groups excluding carboxylic acids is 1. The smallest absolute Gasteiger partial charge is 0.306 e. The lowest BCUT2D eigenvalue weighted by Gasteiger charge is -2.20. The monoisotopic (exact) mass is 243 g/mol. The first-order valence-corrected chi connectivity index (χ1v) is 4.99. The minimum absolute atomic E-state index is 0.231. The van der Waals surface area contributed by atoms with Crippen LogP contribution < -0.4 is 0 Å². The van der Waals surface area contributed by atoms with E-state index in [1.54, 1.807) is 25.1 Å². The van der Waals surface area contributed by atoms with Gasteiger partial charge in [-0.3, -0.25) is 4.79 Å². The average Bonchev–Trinajstić information content (AvgIpc) is 2.27. The van der Waals surface area contributed by atoms with Crippen molar-refractivity contribution in [3.05, 3.63) is 48.2 Å². The topological polar surface area (TPSA) is 20.3 Å². The molecule has 92 valence electrons. The Labute approximate surface area is 97.3 Å². The van der Waals surface area contributed by atoms with E-state index in [0.29, 0.717) is 4.90 Å². The Morgan fingerprint density at radius 3 is 2.35 bits per heavy atom. The Hall–Kier alpha value is -1.78. The number of hydrogen-bond acceptors (Lipinski definition) is 1. The Kier molecular flexibility index (Phi) is 4.31. The minimum Gasteiger partial charge on any atom is -0.306 e. The summed E-state index contributed by atoms with van der Waals surface area (Å²) in [6.07, 6.45) is -1.89. The van der Waals surface area contributed by atoms with Gasteiger partial charge in [-0.05, 0) is 19.1 Å². The van der Waals surface area contributed by atoms with Crippen molar-refractivity contribution < 1.29 is 18.0 Å². The molecule has 0 saturated carbocycles. The van der Waals surface area contributed by atoms with Crippen molar-refractivity contribution in [2.24, 2.45) is 0 Å². The van der Waals surface area contributed by atoms with E-state index in [0.717, 1.165) is 6.20 Å². The van der Waals surface area contributed by atoms with Gasteiger partial charge < -0.3 is 4.90 Å². The maximum atomic E-state index is 12.3. The molecule has 0 aliphatic rings. The van der Waals surface area contributed by atoms with E-state index in [4.69, 9.17) is 0 Å². The van der Waals surface area contributed by atoms with E-state index in [9.17, 15) is 18.0 Å². The average molecular weight is 243 g/mol. The molecule has 5 heteroatoms. The van der Waals surface area contributed by atoms with Gasteiger partial charge in [0.05, 0.1) is 0 Å². The number of alkyl halides is 3. The molecule has 1 aromatic carbocycles. The first-order chi connectivity index (χ1) is 7.94. The highest BCUT2D eigenvalue weighted by Crippen LogP contribution is 2.18. The van der Waals surface area contributed by atoms with Crippen molar-refractivity contribution in [1.82, 2.24) is 4.90 Å². The second kappa shape index (κ2) is 5.52. The molecule has 0 saturated heterocycles. The number of benzene rings is 1. The summed E-state index contributed by atoms with van der Waals surface area (Å²) < 4.78 is 36.8. The van der Waals surface area contributed by atoms with E-state index in [-0.39, 0.29) is 5.56 Å². The zero-order chi connectivity index (χ0) is 12.9. The molecule has 0 heterocycles. The first-order valence-electron chi connectivity index (χ1n) is 4.99. The van der Waals surface area contributed by atoms with Crippen LogP contribution in [0.15, 0.2) is 42.6 Å². The van der Waals surface area contributed by atoms with Gasteiger partial charge in [0, 0.05) is 11.8 Å². The summed E-state index contributed by atoms with van der Waals surface area (Å²) in [6, 6.07) is 7.87. The molecule has 1 aromatic rings. The fourth-order valence-corrected chi connectivity index (χ4v) is 1.31. The molecule has 17 heavy (non-hydrogen) atoms. The van der Waals surface area contributed by atoms with Crippen LogP contribution in [-0.2, 0) is 0 Å². The van der Waals surface area contributed by atoms with E-state index in [1.807, 2.05) is 0 Å². The summed E-state index contributed by atoms with van der Waals surface area (Å²) in [5.41, 5.74) is 0.231. The van der Waals surface area contributed by atoms with Gasteiger partial charge in [0.1, 0.15) is 6.54 Å². The number of allylic oxidation sites excluding steroid dienone is 1. The zero-order valence-electron chi connectivity index (χ0n) is 9.24. The Morgan fingerprint density at radius 2 is 1.88 bits per heavy atom. The van der Waals surface area contributed by atoms with E-state index in [2.05, 4.69) is 0 Å². The largest absolute Gasteiger partial charge is 0.406 e. The Bertz CT molecular complexity index is 398. The highest BCUT2D eigenvalue weighted by molar-refractivity contribution is 5.94. The second-order valence-electron chi connectivity index (χ2n) is 3.40. The molecule has 2 nitrogen and oxygen atoms in total. The Balaban J connectivity index is 2.89. The third-order valence-corrected chi connectivity index (χ3v) is 1.96. The van der Waals surface area contributed by atoms with Crippen LogP contribution in [0.1, 0.15) is 17.3 Å². The van der Waals surface area contributed by atoms with E-state index in [1.165, 1.54) is 18.2 Å². The standard InChI is InChI=1S/C12H12F3NO/c1-2-8-16(9-12(13,14)15)11(17)10-6-4-3-5-7-10/h2-8H,9H2,1H3/b8-2+. The van der Waals surface area contributed by atoms with E-state index < -0.39 is 18.6 Å². The molecule has 0 spiro atoms. The molecule has 0 fully saturated rings. The van der Waals surface area contributed by atoms with Gasteiger partial charge in [-0.1, -0.05) is 24.3 Å². The molecular weight excluding hydrogens is 231 g/mol. The molecule has 1 rings (SSSR count). The number of nitrogens with zero attached hydrogens (tertiary/aromatic N) is 1. The van der Waals surface area contributed by atoms with Crippen LogP contribution in [0.5, 0.6) is 0 Å². The second-order valence-corrected chi connectivity index (χ2v) is 3.40. The predicted molar refractivity (Wildman–Crippen MR) is 58.3 cm³/mol. The molecule has 0 atom stereocenters. The lowest BCUT2D eigenvalue weighted by molar-refractivity contribution is -0.136. The molecule has 0 unspecified atom stereocenters. The molecule has 0 aliphatic heterocycles. The van der Waals surface area contributed by atoms with Crippen LogP contribution in [0.25, 0.3) is 0 Å². The van der Waals surface area contributed by atoms with Gasteiger partial charge in [0.25, 0.3) is 5.91 Å². The summed E-state index contributed by atoms with van der Waals surface area (Å²) >= 11 is 0. The van der Waals surface area contributed by atoms with E-state index >= 15 is 0 Å². The van der Waals surface area contributed by atoms with Gasteiger partial charge >= 0.3 is 6.18 Å². The highest BCUT2D eigenvalue weighted by atomic mass is 19.4. The van der Waals surface area contributed by atoms with Crippen molar-refractivity contribution in [1.29, 1.82) is 0 Å². The molecule has 0 radical (unpaired) electrons. The molecule has 0 N–H and O–H groups in total. The van der Waals surface area contributed by atoms with Gasteiger partial charge in [0.15, 0.2) is 0 Å². The summed E-state index contributed by atoms with van der Waals surface area (Å²) in [4.78, 5) is 12.4. The fraction of sp³-hybridized carbons (Fsp3) is 0.250. The summed E-state index contributed by atoms with van der Waals surface area (Å²) in [5.74, 6) is -0.666. The fourth-order valence-electron chi connectivity index (χ4n) is 1.31. The normalized spacial score (nSPS) is 11.8. The van der Waals surface area contributed by atoms with Crippen molar-refractivity contribution in [2.75, 3.05) is 6.54 Å². The molecule has 0 aliphatic carbocycles. The maximum Gasteiger partial charge on any atom is 0.406 e. The Morgan fingerprint density at radius 1 is 1.29 bits per heavy atom. The van der Waals surface area contributed by atoms with Crippen molar-refractivity contribution in [2.45, 2.75) is 13.1 Å². The van der Waals surface area contributed by atoms with Crippen LogP contribution in [0, 0.1) is 0 Å². The lowest BCUT2D eigenvalue weighted by atomic mass is 10.2. The number of amides is 1. The molecular formula is C12H12F3NO. The van der Waals surface area contributed by atoms with Crippen molar-refractivity contribution in [3.8, 4) is 0 Å². The summed E-state index contributed by atoms with van der Waals surface area (Å²) in [7, 11) is 0. The molecule has 1 amide bonds. The summed E-state index contributed by atoms with van der Waals surface area (Å²) in [5, 5.41) is 0. The third kappa shape index (κ3) is 4.30. The van der Waals surface area contributed by atoms with Gasteiger partial charge in [0.2, 0.25) is 0 Å². The van der Waals surface area contributed by atoms with Crippen LogP contribution in [-0.4, -0.2) is 23.5 Å². The minimum atomic E-state index is -4.41. The third-order valence-electron chi connectivity index (χ3n) is 1.96. The summed E-state index contributed by atoms with van der Waals surface area (Å²) in [6.45, 7) is 0.271. The van der Waals surface area contributed by atoms with Gasteiger partial charge in [-0.2, -0.15) is 13.2 Å². The number of halogens is 3. The zero-order valence-corrected chi connectivity index (χ0v) is 9.24. The van der Waals surface area contributed by atoms with Crippen LogP contribution in [0.2, 0.25) is 0 Å². The van der Waals surface area contributed by atoms with Crippen LogP contribution in [0.3, 0.4) is 0 Å². The quantitative estimate of drug-likeness (QED) is 0.798. The molecule has 0 aromatic heterocycles. The number of carbonyl (C=O) groups is 1. The van der Waals surface area contributed by atoms with Gasteiger partial charge in [-0.25, -0.2) is 0 Å².